The third-order valence-corrected chi connectivity index (χ3v) is 6.40. The van der Waals surface area contributed by atoms with Gasteiger partial charge in [0, 0.05) is 49.5 Å². The van der Waals surface area contributed by atoms with Gasteiger partial charge in [-0.1, -0.05) is 0 Å². The summed E-state index contributed by atoms with van der Waals surface area (Å²) in [7, 11) is 0. The van der Waals surface area contributed by atoms with Crippen LogP contribution in [0.2, 0.25) is 0 Å². The van der Waals surface area contributed by atoms with Gasteiger partial charge in [-0.05, 0) is 48.6 Å². The summed E-state index contributed by atoms with van der Waals surface area (Å²) in [6.07, 6.45) is 4.31. The molecule has 2 fully saturated rings. The van der Waals surface area contributed by atoms with Crippen molar-refractivity contribution < 1.29 is 13.2 Å². The fraction of sp³-hybridized carbons (Fsp3) is 0.320. The number of nitrogens with one attached hydrogen (secondary N) is 2. The zero-order chi connectivity index (χ0) is 24.7. The number of hydrogen-bond donors (Lipinski definition) is 2. The fourth-order valence-electron chi connectivity index (χ4n) is 4.45. The molecule has 0 spiro atoms. The summed E-state index contributed by atoms with van der Waals surface area (Å²) >= 11 is 0. The van der Waals surface area contributed by atoms with Gasteiger partial charge in [-0.3, -0.25) is 4.98 Å². The van der Waals surface area contributed by atoms with Crippen LogP contribution < -0.4 is 15.5 Å². The Morgan fingerprint density at radius 1 is 0.972 bits per heavy atom. The first kappa shape index (κ1) is 22.6. The summed E-state index contributed by atoms with van der Waals surface area (Å²) in [4.78, 5) is 24.4. The third kappa shape index (κ3) is 4.53. The summed E-state index contributed by atoms with van der Waals surface area (Å²) in [5, 5.41) is 7.47. The molecule has 0 bridgehead atoms. The van der Waals surface area contributed by atoms with Crippen LogP contribution in [0.1, 0.15) is 30.0 Å². The highest BCUT2D eigenvalue weighted by Gasteiger charge is 2.32. The highest BCUT2D eigenvalue weighted by atomic mass is 19.4. The first-order valence-corrected chi connectivity index (χ1v) is 11.8. The maximum absolute atomic E-state index is 12.8. The average molecular weight is 493 g/mol. The van der Waals surface area contributed by atoms with E-state index < -0.39 is 11.9 Å². The van der Waals surface area contributed by atoms with Crippen LogP contribution in [-0.2, 0) is 6.18 Å². The maximum Gasteiger partial charge on any atom is 0.433 e. The van der Waals surface area contributed by atoms with Gasteiger partial charge >= 0.3 is 6.18 Å². The smallest absolute Gasteiger partial charge is 0.353 e. The molecule has 0 atom stereocenters. The van der Waals surface area contributed by atoms with Gasteiger partial charge in [-0.2, -0.15) is 13.2 Å². The van der Waals surface area contributed by atoms with Crippen molar-refractivity contribution in [2.75, 3.05) is 36.4 Å². The van der Waals surface area contributed by atoms with Crippen molar-refractivity contribution in [1.29, 1.82) is 0 Å². The van der Waals surface area contributed by atoms with Crippen LogP contribution in [0.15, 0.2) is 49.1 Å². The van der Waals surface area contributed by atoms with E-state index in [4.69, 9.17) is 9.97 Å². The zero-order valence-corrected chi connectivity index (χ0v) is 19.3. The molecule has 1 aliphatic heterocycles. The minimum Gasteiger partial charge on any atom is -0.353 e. The number of hydrogen-bond acceptors (Lipinski definition) is 8. The number of fused-ring (bicyclic) bond motifs is 1. The molecule has 4 aromatic heterocycles. The molecule has 1 aliphatic carbocycles. The average Bonchev–Trinajstić information content (AvgIpc) is 3.74. The van der Waals surface area contributed by atoms with Crippen molar-refractivity contribution in [1.82, 2.24) is 30.2 Å². The number of rotatable bonds is 5. The molecule has 5 heterocycles. The number of piperazine rings is 1. The van der Waals surface area contributed by atoms with Crippen LogP contribution in [0.25, 0.3) is 22.3 Å². The van der Waals surface area contributed by atoms with Crippen LogP contribution in [0.3, 0.4) is 0 Å². The Balaban J connectivity index is 1.37. The molecule has 1 saturated heterocycles. The minimum absolute atomic E-state index is 0.395. The predicted octanol–water partition coefficient (Wildman–Crippen LogP) is 4.53. The van der Waals surface area contributed by atoms with Gasteiger partial charge < -0.3 is 15.5 Å². The van der Waals surface area contributed by atoms with Crippen LogP contribution >= 0.6 is 0 Å². The van der Waals surface area contributed by atoms with E-state index in [-0.39, 0.29) is 0 Å². The Labute approximate surface area is 205 Å². The lowest BCUT2D eigenvalue weighted by Gasteiger charge is -2.30. The van der Waals surface area contributed by atoms with Crippen molar-refractivity contribution in [3.63, 3.8) is 0 Å². The van der Waals surface area contributed by atoms with Crippen LogP contribution in [0.5, 0.6) is 0 Å². The SMILES string of the molecule is FC(F)(F)c1ccc(Nc2cc(-c3nc(N4CCNCC4)c4c(C5CC5)cncc4n3)ccn2)cn1. The standard InChI is InChI=1S/C25H23F3N8/c26-25(27,28)20-4-3-17(12-32-20)33-21-11-16(5-6-31-21)23-34-19-14-30-13-18(15-1-2-15)22(19)24(35-23)36-9-7-29-8-10-36/h3-6,11-15,29H,1-2,7-10H2,(H,31,33). The van der Waals surface area contributed by atoms with E-state index in [2.05, 4.69) is 30.5 Å². The number of anilines is 3. The second kappa shape index (κ2) is 8.98. The molecular formula is C25H23F3N8. The van der Waals surface area contributed by atoms with Crippen LogP contribution in [-0.4, -0.2) is 51.1 Å². The normalized spacial score (nSPS) is 16.4. The molecule has 2 aliphatic rings. The van der Waals surface area contributed by atoms with E-state index in [9.17, 15) is 13.2 Å². The lowest BCUT2D eigenvalue weighted by atomic mass is 10.1. The van der Waals surface area contributed by atoms with E-state index in [0.29, 0.717) is 23.2 Å². The van der Waals surface area contributed by atoms with Crippen molar-refractivity contribution in [2.24, 2.45) is 0 Å². The van der Waals surface area contributed by atoms with Crippen molar-refractivity contribution in [2.45, 2.75) is 24.9 Å². The molecule has 0 amide bonds. The highest BCUT2D eigenvalue weighted by molar-refractivity contribution is 5.94. The maximum atomic E-state index is 12.8. The molecule has 2 N–H and O–H groups in total. The molecule has 11 heteroatoms. The summed E-state index contributed by atoms with van der Waals surface area (Å²) in [6, 6.07) is 5.85. The van der Waals surface area contributed by atoms with Gasteiger partial charge in [0.15, 0.2) is 5.82 Å². The lowest BCUT2D eigenvalue weighted by Crippen LogP contribution is -2.44. The van der Waals surface area contributed by atoms with E-state index in [1.54, 1.807) is 18.5 Å². The third-order valence-electron chi connectivity index (χ3n) is 6.40. The van der Waals surface area contributed by atoms with Crippen LogP contribution in [0.4, 0.5) is 30.5 Å². The first-order chi connectivity index (χ1) is 17.5. The summed E-state index contributed by atoms with van der Waals surface area (Å²) in [5.41, 5.74) is 2.20. The van der Waals surface area contributed by atoms with Crippen molar-refractivity contribution in [3.8, 4) is 11.4 Å². The molecule has 1 saturated carbocycles. The van der Waals surface area contributed by atoms with E-state index in [1.165, 1.54) is 11.6 Å². The molecule has 36 heavy (non-hydrogen) atoms. The number of aromatic nitrogens is 5. The van der Waals surface area contributed by atoms with Gasteiger partial charge in [0.2, 0.25) is 0 Å². The van der Waals surface area contributed by atoms with Crippen LogP contribution in [0, 0.1) is 0 Å². The highest BCUT2D eigenvalue weighted by Crippen LogP contribution is 2.44. The number of nitrogens with zero attached hydrogens (tertiary/aromatic N) is 6. The second-order valence-corrected chi connectivity index (χ2v) is 8.99. The lowest BCUT2D eigenvalue weighted by molar-refractivity contribution is -0.141. The summed E-state index contributed by atoms with van der Waals surface area (Å²) in [5.74, 6) is 2.42. The number of halogens is 3. The molecule has 6 rings (SSSR count). The van der Waals surface area contributed by atoms with Gasteiger partial charge in [-0.25, -0.2) is 19.9 Å². The Hall–Kier alpha value is -3.86. The molecule has 0 unspecified atom stereocenters. The molecule has 4 aromatic rings. The summed E-state index contributed by atoms with van der Waals surface area (Å²) < 4.78 is 38.5. The van der Waals surface area contributed by atoms with Gasteiger partial charge in [-0.15, -0.1) is 0 Å². The first-order valence-electron chi connectivity index (χ1n) is 11.8. The Bertz CT molecular complexity index is 1400. The molecule has 8 nitrogen and oxygen atoms in total. The zero-order valence-electron chi connectivity index (χ0n) is 19.3. The Morgan fingerprint density at radius 3 is 2.53 bits per heavy atom. The second-order valence-electron chi connectivity index (χ2n) is 8.99. The molecule has 0 radical (unpaired) electrons. The topological polar surface area (TPSA) is 91.8 Å². The van der Waals surface area contributed by atoms with E-state index in [0.717, 1.165) is 73.6 Å². The molecule has 184 valence electrons. The quantitative estimate of drug-likeness (QED) is 0.420. The van der Waals surface area contributed by atoms with Gasteiger partial charge in [0.05, 0.1) is 23.6 Å². The molecule has 0 aromatic carbocycles. The van der Waals surface area contributed by atoms with E-state index >= 15 is 0 Å². The molecular weight excluding hydrogens is 469 g/mol. The van der Waals surface area contributed by atoms with Gasteiger partial charge in [0.1, 0.15) is 17.3 Å². The number of pyridine rings is 3. The van der Waals surface area contributed by atoms with Gasteiger partial charge in [0.25, 0.3) is 0 Å². The monoisotopic (exact) mass is 492 g/mol. The van der Waals surface area contributed by atoms with E-state index in [1.807, 2.05) is 12.3 Å². The number of alkyl halides is 3. The Morgan fingerprint density at radius 2 is 1.81 bits per heavy atom. The fourth-order valence-corrected chi connectivity index (χ4v) is 4.45. The van der Waals surface area contributed by atoms with Crippen molar-refractivity contribution >= 4 is 28.2 Å². The minimum atomic E-state index is -4.49. The Kier molecular flexibility index (Phi) is 5.63. The largest absolute Gasteiger partial charge is 0.433 e. The predicted molar refractivity (Wildman–Crippen MR) is 130 cm³/mol. The van der Waals surface area contributed by atoms with Crippen molar-refractivity contribution in [3.05, 3.63) is 60.3 Å². The summed E-state index contributed by atoms with van der Waals surface area (Å²) in [6.45, 7) is 3.47.